The summed E-state index contributed by atoms with van der Waals surface area (Å²) in [6.45, 7) is 5.19. The minimum atomic E-state index is 0.101. The lowest BCUT2D eigenvalue weighted by Gasteiger charge is -2.27. The molecule has 2 atom stereocenters. The highest BCUT2D eigenvalue weighted by molar-refractivity contribution is 9.10. The van der Waals surface area contributed by atoms with Gasteiger partial charge in [0.1, 0.15) is 5.82 Å². The molecule has 1 aromatic heterocycles. The lowest BCUT2D eigenvalue weighted by atomic mass is 10.0. The third-order valence-electron chi connectivity index (χ3n) is 5.36. The molecule has 130 valence electrons. The maximum atomic E-state index is 12.5. The molecule has 6 nitrogen and oxygen atoms in total. The number of halogens is 1. The van der Waals surface area contributed by atoms with E-state index < -0.39 is 0 Å². The Kier molecular flexibility index (Phi) is 4.63. The standard InChI is InChI=1S/C17H23BrN4O2/c18-14-1-2-16(19-7-14)21-8-12-10-22(11-13(12)9-21)17(23)20-15-3-5-24-6-4-15/h1-2,7,12-13,15H,3-6,8-11H2,(H,20,23). The first-order valence-electron chi connectivity index (χ1n) is 8.69. The quantitative estimate of drug-likeness (QED) is 0.834. The minimum Gasteiger partial charge on any atom is -0.381 e. The molecule has 0 aliphatic carbocycles. The summed E-state index contributed by atoms with van der Waals surface area (Å²) in [7, 11) is 0. The van der Waals surface area contributed by atoms with Gasteiger partial charge in [-0.05, 0) is 40.9 Å². The van der Waals surface area contributed by atoms with Crippen LogP contribution in [0.2, 0.25) is 0 Å². The largest absolute Gasteiger partial charge is 0.381 e. The van der Waals surface area contributed by atoms with E-state index in [0.29, 0.717) is 11.8 Å². The number of nitrogens with one attached hydrogen (secondary N) is 1. The van der Waals surface area contributed by atoms with Crippen molar-refractivity contribution in [2.75, 3.05) is 44.3 Å². The van der Waals surface area contributed by atoms with Crippen LogP contribution >= 0.6 is 15.9 Å². The van der Waals surface area contributed by atoms with Gasteiger partial charge in [0.15, 0.2) is 0 Å². The van der Waals surface area contributed by atoms with Gasteiger partial charge in [-0.1, -0.05) is 0 Å². The number of nitrogens with zero attached hydrogens (tertiary/aromatic N) is 3. The summed E-state index contributed by atoms with van der Waals surface area (Å²) < 4.78 is 6.35. The molecule has 1 N–H and O–H groups in total. The fourth-order valence-corrected chi connectivity index (χ4v) is 4.24. The normalized spacial score (nSPS) is 27.4. The summed E-state index contributed by atoms with van der Waals surface area (Å²) in [5.74, 6) is 2.14. The summed E-state index contributed by atoms with van der Waals surface area (Å²) in [5.41, 5.74) is 0. The Bertz CT molecular complexity index is 577. The van der Waals surface area contributed by atoms with Crippen molar-refractivity contribution in [2.24, 2.45) is 11.8 Å². The molecule has 3 fully saturated rings. The molecule has 24 heavy (non-hydrogen) atoms. The smallest absolute Gasteiger partial charge is 0.317 e. The van der Waals surface area contributed by atoms with Crippen molar-refractivity contribution in [3.63, 3.8) is 0 Å². The van der Waals surface area contributed by atoms with Gasteiger partial charge in [-0.25, -0.2) is 9.78 Å². The Morgan fingerprint density at radius 2 is 1.88 bits per heavy atom. The third-order valence-corrected chi connectivity index (χ3v) is 5.83. The number of fused-ring (bicyclic) bond motifs is 1. The molecular weight excluding hydrogens is 372 g/mol. The number of urea groups is 1. The number of hydrogen-bond acceptors (Lipinski definition) is 4. The van der Waals surface area contributed by atoms with Gasteiger partial charge in [0.05, 0.1) is 0 Å². The van der Waals surface area contributed by atoms with Gasteiger partial charge in [-0.2, -0.15) is 0 Å². The molecule has 4 rings (SSSR count). The van der Waals surface area contributed by atoms with Crippen LogP contribution < -0.4 is 10.2 Å². The summed E-state index contributed by atoms with van der Waals surface area (Å²) in [4.78, 5) is 21.3. The Morgan fingerprint density at radius 3 is 2.50 bits per heavy atom. The Balaban J connectivity index is 1.30. The molecule has 0 saturated carbocycles. The first-order chi connectivity index (χ1) is 11.7. The number of pyridine rings is 1. The molecule has 2 unspecified atom stereocenters. The summed E-state index contributed by atoms with van der Waals surface area (Å²) in [6.07, 6.45) is 3.70. The minimum absolute atomic E-state index is 0.101. The second-order valence-electron chi connectivity index (χ2n) is 7.00. The van der Waals surface area contributed by atoms with Crippen molar-refractivity contribution in [1.82, 2.24) is 15.2 Å². The SMILES string of the molecule is O=C(NC1CCOCC1)N1CC2CN(c3ccc(Br)cn3)CC2C1. The van der Waals surface area contributed by atoms with E-state index in [-0.39, 0.29) is 12.1 Å². The first-order valence-corrected chi connectivity index (χ1v) is 9.48. The molecule has 7 heteroatoms. The number of hydrogen-bond donors (Lipinski definition) is 1. The molecule has 4 heterocycles. The van der Waals surface area contributed by atoms with E-state index in [0.717, 1.165) is 62.5 Å². The molecule has 2 amide bonds. The van der Waals surface area contributed by atoms with Crippen LogP contribution in [0.5, 0.6) is 0 Å². The average molecular weight is 395 g/mol. The van der Waals surface area contributed by atoms with E-state index in [4.69, 9.17) is 4.74 Å². The van der Waals surface area contributed by atoms with E-state index >= 15 is 0 Å². The number of aromatic nitrogens is 1. The van der Waals surface area contributed by atoms with Gasteiger partial charge in [-0.3, -0.25) is 0 Å². The highest BCUT2D eigenvalue weighted by Crippen LogP contribution is 2.33. The van der Waals surface area contributed by atoms with Crippen molar-refractivity contribution in [1.29, 1.82) is 0 Å². The zero-order chi connectivity index (χ0) is 16.5. The van der Waals surface area contributed by atoms with Crippen molar-refractivity contribution >= 4 is 27.8 Å². The third kappa shape index (κ3) is 3.37. The van der Waals surface area contributed by atoms with Crippen molar-refractivity contribution in [2.45, 2.75) is 18.9 Å². The molecule has 0 spiro atoms. The topological polar surface area (TPSA) is 57.7 Å². The highest BCUT2D eigenvalue weighted by Gasteiger charge is 2.42. The summed E-state index contributed by atoms with van der Waals surface area (Å²) in [6, 6.07) is 4.46. The van der Waals surface area contributed by atoms with E-state index in [1.807, 2.05) is 17.2 Å². The van der Waals surface area contributed by atoms with Gasteiger partial charge in [0.2, 0.25) is 0 Å². The maximum Gasteiger partial charge on any atom is 0.317 e. The average Bonchev–Trinajstić information content (AvgIpc) is 3.15. The monoisotopic (exact) mass is 394 g/mol. The molecule has 0 radical (unpaired) electrons. The number of amides is 2. The molecular formula is C17H23BrN4O2. The van der Waals surface area contributed by atoms with E-state index in [1.54, 1.807) is 0 Å². The number of carbonyl (C=O) groups excluding carboxylic acids is 1. The van der Waals surface area contributed by atoms with Crippen molar-refractivity contribution < 1.29 is 9.53 Å². The molecule has 3 aliphatic heterocycles. The van der Waals surface area contributed by atoms with Crippen LogP contribution in [0.25, 0.3) is 0 Å². The molecule has 0 bridgehead atoms. The second-order valence-corrected chi connectivity index (χ2v) is 7.92. The molecule has 0 aromatic carbocycles. The number of ether oxygens (including phenoxy) is 1. The number of carbonyl (C=O) groups is 1. The van der Waals surface area contributed by atoms with Gasteiger partial charge >= 0.3 is 6.03 Å². The fourth-order valence-electron chi connectivity index (χ4n) is 4.01. The molecule has 1 aromatic rings. The van der Waals surface area contributed by atoms with Crippen LogP contribution in [0.15, 0.2) is 22.8 Å². The Hall–Kier alpha value is -1.34. The predicted octanol–water partition coefficient (Wildman–Crippen LogP) is 2.10. The maximum absolute atomic E-state index is 12.5. The second kappa shape index (κ2) is 6.88. The van der Waals surface area contributed by atoms with E-state index in [2.05, 4.69) is 37.2 Å². The van der Waals surface area contributed by atoms with E-state index in [9.17, 15) is 4.79 Å². The lowest BCUT2D eigenvalue weighted by molar-refractivity contribution is 0.0784. The predicted molar refractivity (Wildman–Crippen MR) is 95.1 cm³/mol. The van der Waals surface area contributed by atoms with E-state index in [1.165, 1.54) is 0 Å². The lowest BCUT2D eigenvalue weighted by Crippen LogP contribution is -2.46. The van der Waals surface area contributed by atoms with Crippen LogP contribution in [-0.4, -0.2) is 61.3 Å². The van der Waals surface area contributed by atoms with Crippen LogP contribution in [-0.2, 0) is 4.74 Å². The zero-order valence-electron chi connectivity index (χ0n) is 13.7. The van der Waals surface area contributed by atoms with Gasteiger partial charge < -0.3 is 19.9 Å². The van der Waals surface area contributed by atoms with Gasteiger partial charge in [0, 0.05) is 67.9 Å². The van der Waals surface area contributed by atoms with Crippen LogP contribution in [0.4, 0.5) is 10.6 Å². The molecule has 3 saturated heterocycles. The van der Waals surface area contributed by atoms with Crippen molar-refractivity contribution in [3.05, 3.63) is 22.8 Å². The summed E-state index contributed by atoms with van der Waals surface area (Å²) >= 11 is 3.43. The number of rotatable bonds is 2. The number of anilines is 1. The highest BCUT2D eigenvalue weighted by atomic mass is 79.9. The first kappa shape index (κ1) is 16.1. The Labute approximate surface area is 150 Å². The van der Waals surface area contributed by atoms with Crippen molar-refractivity contribution in [3.8, 4) is 0 Å². The molecule has 3 aliphatic rings. The van der Waals surface area contributed by atoms with Crippen LogP contribution in [0, 0.1) is 11.8 Å². The number of likely N-dealkylation sites (tertiary alicyclic amines) is 1. The van der Waals surface area contributed by atoms with Crippen LogP contribution in [0.3, 0.4) is 0 Å². The van der Waals surface area contributed by atoms with Gasteiger partial charge in [0.25, 0.3) is 0 Å². The van der Waals surface area contributed by atoms with Crippen LogP contribution in [0.1, 0.15) is 12.8 Å². The zero-order valence-corrected chi connectivity index (χ0v) is 15.2. The fraction of sp³-hybridized carbons (Fsp3) is 0.647. The summed E-state index contributed by atoms with van der Waals surface area (Å²) in [5, 5.41) is 3.18. The Morgan fingerprint density at radius 1 is 1.17 bits per heavy atom. The van der Waals surface area contributed by atoms with Gasteiger partial charge in [-0.15, -0.1) is 0 Å².